The van der Waals surface area contributed by atoms with Crippen LogP contribution in [0.5, 0.6) is 0 Å². The van der Waals surface area contributed by atoms with Crippen LogP contribution in [0.25, 0.3) is 0 Å². The minimum absolute atomic E-state index is 0.189. The minimum Gasteiger partial charge on any atom is -0.347 e. The number of aryl methyl sites for hydroxylation is 2. The standard InChI is InChI=1S/C10H13F3N4O/c1-4-17-7-6(5(2)16-17)14-8(18)9(3,15-7)10(11,12)13/h15H,4H2,1-3H3,(H,14,18). The summed E-state index contributed by atoms with van der Waals surface area (Å²) in [6.45, 7) is 4.61. The molecule has 0 aliphatic carbocycles. The fourth-order valence-electron chi connectivity index (χ4n) is 1.82. The molecule has 1 aromatic heterocycles. The van der Waals surface area contributed by atoms with Gasteiger partial charge in [0, 0.05) is 6.54 Å². The average Bonchev–Trinajstić information content (AvgIpc) is 2.55. The second-order valence-corrected chi connectivity index (χ2v) is 4.33. The molecular weight excluding hydrogens is 249 g/mol. The Kier molecular flexibility index (Phi) is 2.56. The number of hydrogen-bond acceptors (Lipinski definition) is 3. The van der Waals surface area contributed by atoms with Gasteiger partial charge < -0.3 is 10.6 Å². The lowest BCUT2D eigenvalue weighted by atomic mass is 9.98. The Morgan fingerprint density at radius 3 is 2.56 bits per heavy atom. The highest BCUT2D eigenvalue weighted by molar-refractivity contribution is 6.06. The molecule has 1 unspecified atom stereocenters. The molecule has 1 amide bonds. The summed E-state index contributed by atoms with van der Waals surface area (Å²) in [7, 11) is 0. The molecule has 2 rings (SSSR count). The topological polar surface area (TPSA) is 59.0 Å². The normalized spacial score (nSPS) is 23.3. The summed E-state index contributed by atoms with van der Waals surface area (Å²) >= 11 is 0. The summed E-state index contributed by atoms with van der Waals surface area (Å²) in [5.74, 6) is -0.935. The summed E-state index contributed by atoms with van der Waals surface area (Å²) in [6, 6.07) is 0. The monoisotopic (exact) mass is 262 g/mol. The Morgan fingerprint density at radius 2 is 2.06 bits per heavy atom. The molecule has 0 saturated heterocycles. The van der Waals surface area contributed by atoms with Crippen molar-refractivity contribution < 1.29 is 18.0 Å². The molecule has 1 aliphatic heterocycles. The van der Waals surface area contributed by atoms with Gasteiger partial charge in [0.1, 0.15) is 11.5 Å². The molecular formula is C10H13F3N4O. The smallest absolute Gasteiger partial charge is 0.347 e. The highest BCUT2D eigenvalue weighted by Gasteiger charge is 2.59. The van der Waals surface area contributed by atoms with E-state index in [1.807, 2.05) is 0 Å². The zero-order valence-electron chi connectivity index (χ0n) is 10.1. The van der Waals surface area contributed by atoms with Crippen LogP contribution in [0.1, 0.15) is 19.5 Å². The van der Waals surface area contributed by atoms with Crippen LogP contribution in [0.2, 0.25) is 0 Å². The second-order valence-electron chi connectivity index (χ2n) is 4.33. The van der Waals surface area contributed by atoms with Gasteiger partial charge in [0.15, 0.2) is 0 Å². The average molecular weight is 262 g/mol. The van der Waals surface area contributed by atoms with Crippen LogP contribution in [0, 0.1) is 6.92 Å². The van der Waals surface area contributed by atoms with E-state index < -0.39 is 17.6 Å². The highest BCUT2D eigenvalue weighted by Crippen LogP contribution is 2.41. The van der Waals surface area contributed by atoms with Crippen LogP contribution in [0.3, 0.4) is 0 Å². The number of carbonyl (C=O) groups is 1. The number of rotatable bonds is 1. The van der Waals surface area contributed by atoms with Gasteiger partial charge in [-0.05, 0) is 20.8 Å². The van der Waals surface area contributed by atoms with Gasteiger partial charge in [0.25, 0.3) is 5.91 Å². The van der Waals surface area contributed by atoms with Crippen LogP contribution in [-0.4, -0.2) is 27.4 Å². The third-order valence-corrected chi connectivity index (χ3v) is 3.05. The number of anilines is 2. The maximum absolute atomic E-state index is 13.0. The number of carbonyl (C=O) groups excluding carboxylic acids is 1. The van der Waals surface area contributed by atoms with Crippen LogP contribution < -0.4 is 10.6 Å². The van der Waals surface area contributed by atoms with E-state index in [1.165, 1.54) is 4.68 Å². The van der Waals surface area contributed by atoms with Crippen LogP contribution in [0.4, 0.5) is 24.7 Å². The van der Waals surface area contributed by atoms with Crippen molar-refractivity contribution >= 4 is 17.4 Å². The van der Waals surface area contributed by atoms with Gasteiger partial charge in [0.05, 0.1) is 5.69 Å². The van der Waals surface area contributed by atoms with E-state index in [4.69, 9.17) is 0 Å². The Hall–Kier alpha value is -1.73. The van der Waals surface area contributed by atoms with Crippen LogP contribution >= 0.6 is 0 Å². The molecule has 0 aromatic carbocycles. The van der Waals surface area contributed by atoms with Gasteiger partial charge >= 0.3 is 6.18 Å². The summed E-state index contributed by atoms with van der Waals surface area (Å²) in [4.78, 5) is 11.6. The largest absolute Gasteiger partial charge is 0.420 e. The first-order valence-corrected chi connectivity index (χ1v) is 5.44. The highest BCUT2D eigenvalue weighted by atomic mass is 19.4. The van der Waals surface area contributed by atoms with Crippen molar-refractivity contribution in [3.05, 3.63) is 5.69 Å². The molecule has 2 N–H and O–H groups in total. The van der Waals surface area contributed by atoms with Crippen molar-refractivity contribution in [2.75, 3.05) is 10.6 Å². The summed E-state index contributed by atoms with van der Waals surface area (Å²) in [6.07, 6.45) is -4.69. The molecule has 18 heavy (non-hydrogen) atoms. The second kappa shape index (κ2) is 3.63. The predicted molar refractivity (Wildman–Crippen MR) is 59.4 cm³/mol. The summed E-state index contributed by atoms with van der Waals surface area (Å²) in [5.41, 5.74) is -1.85. The Labute approximate surface area is 101 Å². The van der Waals surface area contributed by atoms with Crippen LogP contribution in [0.15, 0.2) is 0 Å². The van der Waals surface area contributed by atoms with Crippen LogP contribution in [-0.2, 0) is 11.3 Å². The summed E-state index contributed by atoms with van der Waals surface area (Å²) in [5, 5.41) is 8.61. The van der Waals surface area contributed by atoms with Gasteiger partial charge in [-0.25, -0.2) is 4.68 Å². The van der Waals surface area contributed by atoms with Gasteiger partial charge in [0.2, 0.25) is 5.54 Å². The molecule has 1 atom stereocenters. The molecule has 5 nitrogen and oxygen atoms in total. The van der Waals surface area contributed by atoms with Crippen molar-refractivity contribution in [2.24, 2.45) is 0 Å². The molecule has 0 spiro atoms. The molecule has 2 heterocycles. The molecule has 100 valence electrons. The van der Waals surface area contributed by atoms with E-state index >= 15 is 0 Å². The first-order chi connectivity index (χ1) is 8.20. The van der Waals surface area contributed by atoms with Gasteiger partial charge in [-0.15, -0.1) is 0 Å². The lowest BCUT2D eigenvalue weighted by Gasteiger charge is -2.36. The minimum atomic E-state index is -4.69. The first-order valence-electron chi connectivity index (χ1n) is 5.44. The summed E-state index contributed by atoms with van der Waals surface area (Å²) < 4.78 is 40.3. The zero-order valence-corrected chi connectivity index (χ0v) is 10.1. The molecule has 0 fully saturated rings. The number of fused-ring (bicyclic) bond motifs is 1. The third kappa shape index (κ3) is 1.55. The van der Waals surface area contributed by atoms with Gasteiger partial charge in [-0.3, -0.25) is 4.79 Å². The number of amides is 1. The van der Waals surface area contributed by atoms with Crippen molar-refractivity contribution in [3.63, 3.8) is 0 Å². The number of hydrogen-bond donors (Lipinski definition) is 2. The number of alkyl halides is 3. The van der Waals surface area contributed by atoms with Crippen molar-refractivity contribution in [1.82, 2.24) is 9.78 Å². The Bertz CT molecular complexity index is 508. The molecule has 8 heteroatoms. The number of nitrogens with one attached hydrogen (secondary N) is 2. The van der Waals surface area contributed by atoms with E-state index in [9.17, 15) is 18.0 Å². The quantitative estimate of drug-likeness (QED) is 0.812. The molecule has 0 bridgehead atoms. The Balaban J connectivity index is 2.53. The van der Waals surface area contributed by atoms with E-state index in [1.54, 1.807) is 13.8 Å². The van der Waals surface area contributed by atoms with E-state index in [0.29, 0.717) is 17.9 Å². The van der Waals surface area contributed by atoms with E-state index in [2.05, 4.69) is 15.7 Å². The molecule has 1 aromatic rings. The zero-order chi connectivity index (χ0) is 13.7. The molecule has 0 saturated carbocycles. The Morgan fingerprint density at radius 1 is 1.44 bits per heavy atom. The fourth-order valence-corrected chi connectivity index (χ4v) is 1.82. The lowest BCUT2D eigenvalue weighted by molar-refractivity contribution is -0.179. The maximum atomic E-state index is 13.0. The molecule has 1 aliphatic rings. The molecule has 0 radical (unpaired) electrons. The van der Waals surface area contributed by atoms with Crippen molar-refractivity contribution in [2.45, 2.75) is 39.0 Å². The first kappa shape index (κ1) is 12.7. The maximum Gasteiger partial charge on any atom is 0.420 e. The number of halogens is 3. The van der Waals surface area contributed by atoms with Gasteiger partial charge in [-0.1, -0.05) is 0 Å². The lowest BCUT2D eigenvalue weighted by Crippen LogP contribution is -2.60. The number of aromatic nitrogens is 2. The van der Waals surface area contributed by atoms with Crippen molar-refractivity contribution in [1.29, 1.82) is 0 Å². The third-order valence-electron chi connectivity index (χ3n) is 3.05. The fraction of sp³-hybridized carbons (Fsp3) is 0.600. The van der Waals surface area contributed by atoms with Crippen molar-refractivity contribution in [3.8, 4) is 0 Å². The number of nitrogens with zero attached hydrogens (tertiary/aromatic N) is 2. The van der Waals surface area contributed by atoms with E-state index in [0.717, 1.165) is 6.92 Å². The van der Waals surface area contributed by atoms with E-state index in [-0.39, 0.29) is 5.82 Å². The van der Waals surface area contributed by atoms with Gasteiger partial charge in [-0.2, -0.15) is 18.3 Å². The SMILES string of the molecule is CCn1nc(C)c2c1NC(C)(C(F)(F)F)C(=O)N2. The predicted octanol–water partition coefficient (Wildman–Crippen LogP) is 1.90.